The highest BCUT2D eigenvalue weighted by Crippen LogP contribution is 2.28. The maximum atomic E-state index is 12.6. The number of hydrogen-bond acceptors (Lipinski definition) is 6. The van der Waals surface area contributed by atoms with Gasteiger partial charge in [-0.05, 0) is 37.1 Å². The molecule has 2 aromatic heterocycles. The second-order valence-electron chi connectivity index (χ2n) is 6.69. The minimum absolute atomic E-state index is 0.202. The third-order valence-electron chi connectivity index (χ3n) is 3.96. The van der Waals surface area contributed by atoms with E-state index in [0.29, 0.717) is 40.5 Å². The lowest BCUT2D eigenvalue weighted by atomic mass is 10.2. The summed E-state index contributed by atoms with van der Waals surface area (Å²) in [7, 11) is 0. The summed E-state index contributed by atoms with van der Waals surface area (Å²) in [5.41, 5.74) is 0.929. The van der Waals surface area contributed by atoms with Crippen molar-refractivity contribution < 1.29 is 9.21 Å². The van der Waals surface area contributed by atoms with Gasteiger partial charge in [0.05, 0.1) is 22.8 Å². The first-order valence-electron chi connectivity index (χ1n) is 8.93. The first-order valence-corrected chi connectivity index (χ1v) is 9.81. The Balaban J connectivity index is 1.79. The average Bonchev–Trinajstić information content (AvgIpc) is 3.32. The van der Waals surface area contributed by atoms with Gasteiger partial charge in [0.1, 0.15) is 6.07 Å². The molecular formula is C20H21N5O2S. The van der Waals surface area contributed by atoms with E-state index in [4.69, 9.17) is 4.42 Å². The fourth-order valence-corrected chi connectivity index (χ4v) is 3.49. The number of nitrogens with zero attached hydrogens (tertiary/aromatic N) is 4. The SMILES string of the molecule is CC(C)Cn1c(SC(C)C(=O)Nc2ccccc2C#N)nnc1-c1ccco1. The van der Waals surface area contributed by atoms with Crippen molar-refractivity contribution in [3.8, 4) is 17.7 Å². The van der Waals surface area contributed by atoms with Crippen molar-refractivity contribution in [3.05, 3.63) is 48.2 Å². The highest BCUT2D eigenvalue weighted by atomic mass is 32.2. The number of para-hydroxylation sites is 1. The van der Waals surface area contributed by atoms with E-state index in [1.165, 1.54) is 11.8 Å². The average molecular weight is 395 g/mol. The number of nitrogens with one attached hydrogen (secondary N) is 1. The molecule has 3 aromatic rings. The van der Waals surface area contributed by atoms with Crippen LogP contribution in [0.4, 0.5) is 5.69 Å². The van der Waals surface area contributed by atoms with E-state index in [1.54, 1.807) is 43.5 Å². The number of hydrogen-bond donors (Lipinski definition) is 1. The van der Waals surface area contributed by atoms with E-state index in [2.05, 4.69) is 35.4 Å². The zero-order valence-corrected chi connectivity index (χ0v) is 16.7. The number of rotatable bonds is 7. The van der Waals surface area contributed by atoms with Gasteiger partial charge in [0.25, 0.3) is 0 Å². The van der Waals surface area contributed by atoms with E-state index < -0.39 is 5.25 Å². The quantitative estimate of drug-likeness (QED) is 0.603. The van der Waals surface area contributed by atoms with Crippen molar-refractivity contribution in [2.24, 2.45) is 5.92 Å². The molecule has 0 bridgehead atoms. The van der Waals surface area contributed by atoms with Gasteiger partial charge in [-0.1, -0.05) is 37.7 Å². The van der Waals surface area contributed by atoms with Gasteiger partial charge in [0.2, 0.25) is 5.91 Å². The predicted octanol–water partition coefficient (Wildman–Crippen LogP) is 4.19. The summed E-state index contributed by atoms with van der Waals surface area (Å²) in [6, 6.07) is 12.6. The Morgan fingerprint density at radius 1 is 1.25 bits per heavy atom. The molecule has 1 aromatic carbocycles. The van der Waals surface area contributed by atoms with Gasteiger partial charge in [0.15, 0.2) is 16.7 Å². The second-order valence-corrected chi connectivity index (χ2v) is 8.00. The van der Waals surface area contributed by atoms with Gasteiger partial charge in [-0.15, -0.1) is 10.2 Å². The smallest absolute Gasteiger partial charge is 0.237 e. The predicted molar refractivity (Wildman–Crippen MR) is 108 cm³/mol. The molecule has 3 rings (SSSR count). The van der Waals surface area contributed by atoms with Crippen LogP contribution in [-0.2, 0) is 11.3 Å². The molecule has 28 heavy (non-hydrogen) atoms. The summed E-state index contributed by atoms with van der Waals surface area (Å²) < 4.78 is 7.44. The standard InChI is InChI=1S/C20H21N5O2S/c1-13(2)12-25-18(17-9-6-10-27-17)23-24-20(25)28-14(3)19(26)22-16-8-5-4-7-15(16)11-21/h4-10,13-14H,12H2,1-3H3,(H,22,26). The number of anilines is 1. The zero-order valence-electron chi connectivity index (χ0n) is 15.9. The molecule has 0 aliphatic heterocycles. The van der Waals surface area contributed by atoms with E-state index in [-0.39, 0.29) is 5.91 Å². The Morgan fingerprint density at radius 3 is 2.71 bits per heavy atom. The van der Waals surface area contributed by atoms with Crippen LogP contribution in [0.3, 0.4) is 0 Å². The Labute approximate surface area is 167 Å². The van der Waals surface area contributed by atoms with Crippen molar-refractivity contribution in [2.45, 2.75) is 37.7 Å². The third kappa shape index (κ3) is 4.43. The number of benzene rings is 1. The van der Waals surface area contributed by atoms with Crippen LogP contribution in [0.1, 0.15) is 26.3 Å². The van der Waals surface area contributed by atoms with Gasteiger partial charge >= 0.3 is 0 Å². The van der Waals surface area contributed by atoms with Gasteiger partial charge in [-0.3, -0.25) is 9.36 Å². The Kier molecular flexibility index (Phi) is 6.16. The van der Waals surface area contributed by atoms with Crippen LogP contribution in [-0.4, -0.2) is 25.9 Å². The number of amides is 1. The maximum absolute atomic E-state index is 12.6. The summed E-state index contributed by atoms with van der Waals surface area (Å²) in [4.78, 5) is 12.6. The molecule has 2 heterocycles. The lowest BCUT2D eigenvalue weighted by molar-refractivity contribution is -0.115. The number of thioether (sulfide) groups is 1. The van der Waals surface area contributed by atoms with Crippen LogP contribution in [0.25, 0.3) is 11.6 Å². The molecule has 1 unspecified atom stereocenters. The van der Waals surface area contributed by atoms with Crippen molar-refractivity contribution in [1.82, 2.24) is 14.8 Å². The van der Waals surface area contributed by atoms with E-state index in [9.17, 15) is 10.1 Å². The molecule has 0 fully saturated rings. The molecule has 0 aliphatic carbocycles. The monoisotopic (exact) mass is 395 g/mol. The van der Waals surface area contributed by atoms with Crippen LogP contribution in [0.15, 0.2) is 52.2 Å². The molecule has 144 valence electrons. The van der Waals surface area contributed by atoms with Crippen molar-refractivity contribution in [3.63, 3.8) is 0 Å². The number of furan rings is 1. The van der Waals surface area contributed by atoms with Crippen LogP contribution in [0, 0.1) is 17.2 Å². The maximum Gasteiger partial charge on any atom is 0.237 e. The first kappa shape index (κ1) is 19.7. The number of carbonyl (C=O) groups excluding carboxylic acids is 1. The Bertz CT molecular complexity index is 988. The minimum Gasteiger partial charge on any atom is -0.461 e. The van der Waals surface area contributed by atoms with Crippen LogP contribution in [0.5, 0.6) is 0 Å². The van der Waals surface area contributed by atoms with Gasteiger partial charge in [0, 0.05) is 6.54 Å². The molecule has 0 aliphatic rings. The molecule has 0 radical (unpaired) electrons. The van der Waals surface area contributed by atoms with E-state index >= 15 is 0 Å². The van der Waals surface area contributed by atoms with Crippen molar-refractivity contribution in [2.75, 3.05) is 5.32 Å². The molecule has 1 amide bonds. The summed E-state index contributed by atoms with van der Waals surface area (Å²) in [5.74, 6) is 1.45. The molecule has 1 atom stereocenters. The summed E-state index contributed by atoms with van der Waals surface area (Å²) >= 11 is 1.32. The molecular weight excluding hydrogens is 374 g/mol. The Hall–Kier alpha value is -3.05. The number of carbonyl (C=O) groups is 1. The topological polar surface area (TPSA) is 96.7 Å². The third-order valence-corrected chi connectivity index (χ3v) is 5.04. The normalized spacial score (nSPS) is 12.0. The second kappa shape index (κ2) is 8.76. The molecule has 0 spiro atoms. The lowest BCUT2D eigenvalue weighted by Gasteiger charge is -2.15. The highest BCUT2D eigenvalue weighted by molar-refractivity contribution is 8.00. The van der Waals surface area contributed by atoms with Crippen molar-refractivity contribution in [1.29, 1.82) is 5.26 Å². The van der Waals surface area contributed by atoms with Gasteiger partial charge in [-0.25, -0.2) is 0 Å². The molecule has 0 saturated carbocycles. The van der Waals surface area contributed by atoms with Crippen LogP contribution >= 0.6 is 11.8 Å². The largest absolute Gasteiger partial charge is 0.461 e. The molecule has 1 N–H and O–H groups in total. The van der Waals surface area contributed by atoms with E-state index in [1.807, 2.05) is 10.6 Å². The fourth-order valence-electron chi connectivity index (χ4n) is 2.63. The summed E-state index contributed by atoms with van der Waals surface area (Å²) in [6.07, 6.45) is 1.60. The van der Waals surface area contributed by atoms with Gasteiger partial charge < -0.3 is 9.73 Å². The summed E-state index contributed by atoms with van der Waals surface area (Å²) in [6.45, 7) is 6.72. The molecule has 0 saturated heterocycles. The van der Waals surface area contributed by atoms with Crippen LogP contribution < -0.4 is 5.32 Å². The van der Waals surface area contributed by atoms with Gasteiger partial charge in [-0.2, -0.15) is 5.26 Å². The van der Waals surface area contributed by atoms with Crippen LogP contribution in [0.2, 0.25) is 0 Å². The van der Waals surface area contributed by atoms with Crippen molar-refractivity contribution >= 4 is 23.4 Å². The van der Waals surface area contributed by atoms with E-state index in [0.717, 1.165) is 0 Å². The lowest BCUT2D eigenvalue weighted by Crippen LogP contribution is -2.23. The number of aromatic nitrogens is 3. The summed E-state index contributed by atoms with van der Waals surface area (Å²) in [5, 5.41) is 20.8. The highest BCUT2D eigenvalue weighted by Gasteiger charge is 2.22. The minimum atomic E-state index is -0.425. The first-order chi connectivity index (χ1) is 13.5. The fraction of sp³-hybridized carbons (Fsp3) is 0.300. The Morgan fingerprint density at radius 2 is 2.04 bits per heavy atom. The number of nitriles is 1. The molecule has 8 heteroatoms. The zero-order chi connectivity index (χ0) is 20.1. The molecule has 7 nitrogen and oxygen atoms in total.